The van der Waals surface area contributed by atoms with Gasteiger partial charge in [0.15, 0.2) is 0 Å². The fourth-order valence-corrected chi connectivity index (χ4v) is 4.15. The number of benzene rings is 2. The Kier molecular flexibility index (Phi) is 10.5. The topological polar surface area (TPSA) is 144 Å². The molecule has 2 N–H and O–H groups in total. The van der Waals surface area contributed by atoms with Crippen molar-refractivity contribution in [3.8, 4) is 0 Å². The highest BCUT2D eigenvalue weighted by molar-refractivity contribution is 8.00. The summed E-state index contributed by atoms with van der Waals surface area (Å²) >= 11 is 2.94. The predicted molar refractivity (Wildman–Crippen MR) is 127 cm³/mol. The average Bonchev–Trinajstić information content (AvgIpc) is 2.75. The molecule has 2 aromatic carbocycles. The lowest BCUT2D eigenvalue weighted by molar-refractivity contribution is -0.385. The van der Waals surface area contributed by atoms with E-state index in [0.717, 1.165) is 24.3 Å². The monoisotopic (exact) mass is 478 g/mol. The van der Waals surface area contributed by atoms with Gasteiger partial charge in [0.1, 0.15) is 0 Å². The first-order chi connectivity index (χ1) is 15.3. The summed E-state index contributed by atoms with van der Waals surface area (Å²) in [5, 5.41) is 26.8. The van der Waals surface area contributed by atoms with Crippen molar-refractivity contribution < 1.29 is 19.4 Å². The van der Waals surface area contributed by atoms with Crippen LogP contribution in [-0.2, 0) is 9.59 Å². The van der Waals surface area contributed by atoms with Crippen LogP contribution in [0.25, 0.3) is 0 Å². The van der Waals surface area contributed by atoms with Crippen LogP contribution in [0.3, 0.4) is 0 Å². The van der Waals surface area contributed by atoms with Crippen molar-refractivity contribution in [3.63, 3.8) is 0 Å². The normalized spacial score (nSPS) is 10.4. The van der Waals surface area contributed by atoms with E-state index >= 15 is 0 Å². The molecule has 2 aromatic rings. The summed E-state index contributed by atoms with van der Waals surface area (Å²) < 4.78 is 0. The van der Waals surface area contributed by atoms with E-state index in [1.807, 2.05) is 0 Å². The zero-order valence-corrected chi connectivity index (χ0v) is 18.7. The maximum absolute atomic E-state index is 11.9. The van der Waals surface area contributed by atoms with Crippen molar-refractivity contribution in [2.24, 2.45) is 0 Å². The first-order valence-electron chi connectivity index (χ1n) is 9.59. The summed E-state index contributed by atoms with van der Waals surface area (Å²) in [5.41, 5.74) is 0.632. The van der Waals surface area contributed by atoms with Gasteiger partial charge in [-0.15, -0.1) is 0 Å². The fraction of sp³-hybridized carbons (Fsp3) is 0.300. The summed E-state index contributed by atoms with van der Waals surface area (Å²) in [6.07, 6.45) is 1.77. The summed E-state index contributed by atoms with van der Waals surface area (Å²) in [6.45, 7) is 0. The van der Waals surface area contributed by atoms with Gasteiger partial charge < -0.3 is 10.6 Å². The van der Waals surface area contributed by atoms with E-state index in [1.54, 1.807) is 12.1 Å². The molecule has 12 heteroatoms. The Balaban J connectivity index is 1.53. The minimum atomic E-state index is -0.514. The van der Waals surface area contributed by atoms with Gasteiger partial charge in [-0.25, -0.2) is 0 Å². The van der Waals surface area contributed by atoms with Crippen LogP contribution in [0.2, 0.25) is 0 Å². The minimum absolute atomic E-state index is 0.0771. The lowest BCUT2D eigenvalue weighted by Crippen LogP contribution is -2.14. The van der Waals surface area contributed by atoms with Crippen molar-refractivity contribution in [2.45, 2.75) is 12.8 Å². The predicted octanol–water partition coefficient (Wildman–Crippen LogP) is 4.33. The maximum atomic E-state index is 11.9. The fourth-order valence-electron chi connectivity index (χ4n) is 2.53. The highest BCUT2D eigenvalue weighted by Gasteiger charge is 2.09. The molecule has 0 aliphatic rings. The molecule has 0 atom stereocenters. The number of rotatable bonds is 13. The van der Waals surface area contributed by atoms with Crippen molar-refractivity contribution in [1.82, 2.24) is 0 Å². The van der Waals surface area contributed by atoms with Gasteiger partial charge in [-0.2, -0.15) is 23.5 Å². The van der Waals surface area contributed by atoms with Crippen LogP contribution in [0.15, 0.2) is 48.5 Å². The van der Waals surface area contributed by atoms with Crippen LogP contribution in [0.4, 0.5) is 22.7 Å². The van der Waals surface area contributed by atoms with Gasteiger partial charge >= 0.3 is 0 Å². The van der Waals surface area contributed by atoms with Crippen molar-refractivity contribution >= 4 is 58.1 Å². The number of hydrogen-bond acceptors (Lipinski definition) is 8. The standard InChI is InChI=1S/C20H22N4O6S2/c25-19(21-15-5-3-7-17(11-15)23(27)28)13-31-9-1-2-10-32-14-20(26)22-16-6-4-8-18(12-16)24(29)30/h3-8,11-12H,1-2,9-10,13-14H2,(H,21,25)(H,22,26). The van der Waals surface area contributed by atoms with Crippen LogP contribution in [0, 0.1) is 20.2 Å². The van der Waals surface area contributed by atoms with Gasteiger partial charge in [0.2, 0.25) is 11.8 Å². The van der Waals surface area contributed by atoms with E-state index in [2.05, 4.69) is 10.6 Å². The largest absolute Gasteiger partial charge is 0.325 e. The Hall–Kier alpha value is -3.12. The second kappa shape index (κ2) is 13.3. The second-order valence-corrected chi connectivity index (χ2v) is 8.73. The number of thioether (sulfide) groups is 2. The third kappa shape index (κ3) is 9.35. The summed E-state index contributed by atoms with van der Waals surface area (Å²) in [4.78, 5) is 44.3. The molecule has 0 saturated heterocycles. The maximum Gasteiger partial charge on any atom is 0.271 e. The number of amides is 2. The lowest BCUT2D eigenvalue weighted by atomic mass is 10.3. The number of non-ortho nitro benzene ring substituents is 2. The number of nitrogens with one attached hydrogen (secondary N) is 2. The van der Waals surface area contributed by atoms with Crippen LogP contribution < -0.4 is 10.6 Å². The van der Waals surface area contributed by atoms with Crippen molar-refractivity contribution in [2.75, 3.05) is 33.6 Å². The smallest absolute Gasteiger partial charge is 0.271 e. The molecular weight excluding hydrogens is 456 g/mol. The van der Waals surface area contributed by atoms with Crippen molar-refractivity contribution in [1.29, 1.82) is 0 Å². The second-order valence-electron chi connectivity index (χ2n) is 6.52. The van der Waals surface area contributed by atoms with Crippen molar-refractivity contribution in [3.05, 3.63) is 68.8 Å². The number of nitro groups is 2. The average molecular weight is 479 g/mol. The zero-order valence-electron chi connectivity index (χ0n) is 17.0. The molecular formula is C20H22N4O6S2. The van der Waals surface area contributed by atoms with Crippen LogP contribution >= 0.6 is 23.5 Å². The molecule has 2 rings (SSSR count). The quantitative estimate of drug-likeness (QED) is 0.246. The molecule has 170 valence electrons. The van der Waals surface area contributed by atoms with E-state index in [0.29, 0.717) is 11.4 Å². The third-order valence-corrected chi connectivity index (χ3v) is 6.06. The van der Waals surface area contributed by atoms with Gasteiger partial charge in [-0.05, 0) is 36.5 Å². The van der Waals surface area contributed by atoms with E-state index in [4.69, 9.17) is 0 Å². The van der Waals surface area contributed by atoms with E-state index < -0.39 is 9.85 Å². The molecule has 32 heavy (non-hydrogen) atoms. The molecule has 0 aliphatic heterocycles. The molecule has 0 aromatic heterocycles. The van der Waals surface area contributed by atoms with Gasteiger partial charge in [-0.1, -0.05) is 12.1 Å². The van der Waals surface area contributed by atoms with Crippen LogP contribution in [0.1, 0.15) is 12.8 Å². The molecule has 0 heterocycles. The van der Waals surface area contributed by atoms with Crippen LogP contribution in [0.5, 0.6) is 0 Å². The first kappa shape index (κ1) is 25.1. The molecule has 0 bridgehead atoms. The molecule has 0 radical (unpaired) electrons. The Labute approximate surface area is 192 Å². The SMILES string of the molecule is O=C(CSCCCCSCC(=O)Nc1cccc([N+](=O)[O-])c1)Nc1cccc([N+](=O)[O-])c1. The number of unbranched alkanes of at least 4 members (excludes halogenated alkanes) is 1. The Morgan fingerprint density at radius 2 is 1.16 bits per heavy atom. The lowest BCUT2D eigenvalue weighted by Gasteiger charge is -2.06. The number of nitrogens with zero attached hydrogens (tertiary/aromatic N) is 2. The van der Waals surface area contributed by atoms with Crippen LogP contribution in [-0.4, -0.2) is 44.7 Å². The van der Waals surface area contributed by atoms with Gasteiger partial charge in [-0.3, -0.25) is 29.8 Å². The molecule has 0 fully saturated rings. The molecule has 0 saturated carbocycles. The summed E-state index contributed by atoms with van der Waals surface area (Å²) in [7, 11) is 0. The molecule has 10 nitrogen and oxygen atoms in total. The Morgan fingerprint density at radius 1 is 0.750 bits per heavy atom. The number of carbonyl (C=O) groups is 2. The van der Waals surface area contributed by atoms with E-state index in [1.165, 1.54) is 59.9 Å². The van der Waals surface area contributed by atoms with Gasteiger partial charge in [0.25, 0.3) is 11.4 Å². The summed E-state index contributed by atoms with van der Waals surface area (Å²) in [5.74, 6) is 1.62. The minimum Gasteiger partial charge on any atom is -0.325 e. The Morgan fingerprint density at radius 3 is 1.53 bits per heavy atom. The van der Waals surface area contributed by atoms with Gasteiger partial charge in [0.05, 0.1) is 21.4 Å². The Bertz CT molecular complexity index is 895. The third-order valence-electron chi connectivity index (χ3n) is 3.98. The number of nitro benzene ring substituents is 2. The highest BCUT2D eigenvalue weighted by Crippen LogP contribution is 2.19. The summed E-state index contributed by atoms with van der Waals surface area (Å²) in [6, 6.07) is 11.6. The molecule has 0 aliphatic carbocycles. The highest BCUT2D eigenvalue weighted by atomic mass is 32.2. The molecule has 0 unspecified atom stereocenters. The zero-order chi connectivity index (χ0) is 23.3. The first-order valence-corrected chi connectivity index (χ1v) is 11.9. The number of hydrogen-bond donors (Lipinski definition) is 2. The van der Waals surface area contributed by atoms with Gasteiger partial charge in [0, 0.05) is 35.6 Å². The van der Waals surface area contributed by atoms with E-state index in [-0.39, 0.29) is 34.7 Å². The molecule has 0 spiro atoms. The molecule has 2 amide bonds. The van der Waals surface area contributed by atoms with E-state index in [9.17, 15) is 29.8 Å². The number of carbonyl (C=O) groups excluding carboxylic acids is 2. The number of anilines is 2.